The first kappa shape index (κ1) is 9.57. The lowest BCUT2D eigenvalue weighted by molar-refractivity contribution is 0.0588. The van der Waals surface area contributed by atoms with Gasteiger partial charge >= 0.3 is 5.97 Å². The molecule has 0 radical (unpaired) electrons. The first-order valence-electron chi connectivity index (χ1n) is 3.94. The molecule has 0 saturated heterocycles. The molecule has 1 rings (SSSR count). The van der Waals surface area contributed by atoms with E-state index in [1.54, 1.807) is 13.1 Å². The number of aromatic nitrogens is 2. The number of nitrogens with zero attached hydrogens (tertiary/aromatic N) is 2. The van der Waals surface area contributed by atoms with Crippen molar-refractivity contribution in [1.29, 1.82) is 0 Å². The van der Waals surface area contributed by atoms with Crippen molar-refractivity contribution < 1.29 is 14.3 Å². The number of methoxy groups -OCH3 is 1. The summed E-state index contributed by atoms with van der Waals surface area (Å²) in [5, 5.41) is 3.96. The molecule has 5 nitrogen and oxygen atoms in total. The molecule has 0 aliphatic carbocycles. The third-order valence-corrected chi connectivity index (χ3v) is 1.54. The van der Waals surface area contributed by atoms with Crippen LogP contribution in [0.15, 0.2) is 6.07 Å². The summed E-state index contributed by atoms with van der Waals surface area (Å²) in [5.74, 6) is 0.0198. The van der Waals surface area contributed by atoms with E-state index in [4.69, 9.17) is 4.74 Å². The van der Waals surface area contributed by atoms with Crippen molar-refractivity contribution in [2.24, 2.45) is 7.05 Å². The van der Waals surface area contributed by atoms with Crippen molar-refractivity contribution in [3.05, 3.63) is 11.8 Å². The summed E-state index contributed by atoms with van der Waals surface area (Å²) in [6.45, 7) is 2.38. The van der Waals surface area contributed by atoms with Crippen molar-refractivity contribution in [2.75, 3.05) is 13.7 Å². The Hall–Kier alpha value is -1.52. The Morgan fingerprint density at radius 3 is 2.92 bits per heavy atom. The van der Waals surface area contributed by atoms with Gasteiger partial charge in [0.25, 0.3) is 0 Å². The highest BCUT2D eigenvalue weighted by Gasteiger charge is 2.13. The summed E-state index contributed by atoms with van der Waals surface area (Å²) in [4.78, 5) is 11.1. The molecule has 0 aliphatic heterocycles. The second-order valence-electron chi connectivity index (χ2n) is 2.42. The molecule has 0 saturated carbocycles. The summed E-state index contributed by atoms with van der Waals surface area (Å²) < 4.78 is 11.1. The van der Waals surface area contributed by atoms with Crippen molar-refractivity contribution in [3.8, 4) is 5.88 Å². The average molecular weight is 184 g/mol. The highest BCUT2D eigenvalue weighted by molar-refractivity contribution is 5.87. The van der Waals surface area contributed by atoms with Crippen LogP contribution in [0.5, 0.6) is 5.88 Å². The molecule has 0 atom stereocenters. The minimum atomic E-state index is -0.416. The lowest BCUT2D eigenvalue weighted by atomic mass is 10.4. The zero-order chi connectivity index (χ0) is 9.84. The van der Waals surface area contributed by atoms with Crippen molar-refractivity contribution in [3.63, 3.8) is 0 Å². The van der Waals surface area contributed by atoms with Crippen molar-refractivity contribution >= 4 is 5.97 Å². The standard InChI is InChI=1S/C8H12N2O3/c1-4-13-7-5-6(8(11)12-3)10(2)9-7/h5H,4H2,1-3H3. The summed E-state index contributed by atoms with van der Waals surface area (Å²) in [6.07, 6.45) is 0. The monoisotopic (exact) mass is 184 g/mol. The molecule has 13 heavy (non-hydrogen) atoms. The zero-order valence-corrected chi connectivity index (χ0v) is 7.90. The fourth-order valence-electron chi connectivity index (χ4n) is 0.955. The van der Waals surface area contributed by atoms with Crippen LogP contribution in [-0.4, -0.2) is 29.5 Å². The number of hydrogen-bond donors (Lipinski definition) is 0. The molecule has 0 N–H and O–H groups in total. The molecule has 1 aromatic heterocycles. The molecular formula is C8H12N2O3. The van der Waals surface area contributed by atoms with Crippen molar-refractivity contribution in [2.45, 2.75) is 6.92 Å². The topological polar surface area (TPSA) is 53.4 Å². The van der Waals surface area contributed by atoms with E-state index in [9.17, 15) is 4.79 Å². The van der Waals surface area contributed by atoms with Gasteiger partial charge in [-0.25, -0.2) is 4.79 Å². The molecule has 1 heterocycles. The lowest BCUT2D eigenvalue weighted by Crippen LogP contribution is -2.07. The first-order valence-corrected chi connectivity index (χ1v) is 3.94. The van der Waals surface area contributed by atoms with Gasteiger partial charge < -0.3 is 9.47 Å². The van der Waals surface area contributed by atoms with E-state index in [2.05, 4.69) is 9.84 Å². The quantitative estimate of drug-likeness (QED) is 0.646. The number of carbonyl (C=O) groups is 1. The van der Waals surface area contributed by atoms with Gasteiger partial charge in [0, 0.05) is 13.1 Å². The smallest absolute Gasteiger partial charge is 0.356 e. The molecule has 0 bridgehead atoms. The summed E-state index contributed by atoms with van der Waals surface area (Å²) in [5.41, 5.74) is 0.381. The Kier molecular flexibility index (Phi) is 2.89. The molecule has 5 heteroatoms. The second kappa shape index (κ2) is 3.93. The van der Waals surface area contributed by atoms with Gasteiger partial charge in [-0.2, -0.15) is 0 Å². The fraction of sp³-hybridized carbons (Fsp3) is 0.500. The summed E-state index contributed by atoms with van der Waals surface area (Å²) in [7, 11) is 2.99. The van der Waals surface area contributed by atoms with Crippen LogP contribution in [0.2, 0.25) is 0 Å². The van der Waals surface area contributed by atoms with Crippen LogP contribution in [0.25, 0.3) is 0 Å². The molecule has 0 unspecified atom stereocenters. The van der Waals surface area contributed by atoms with E-state index >= 15 is 0 Å². The van der Waals surface area contributed by atoms with E-state index in [1.807, 2.05) is 6.92 Å². The Morgan fingerprint density at radius 2 is 2.38 bits per heavy atom. The molecule has 0 aromatic carbocycles. The molecule has 0 fully saturated rings. The van der Waals surface area contributed by atoms with E-state index < -0.39 is 5.97 Å². The molecule has 1 aromatic rings. The van der Waals surface area contributed by atoms with Gasteiger partial charge in [0.1, 0.15) is 5.69 Å². The molecule has 0 spiro atoms. The fourth-order valence-corrected chi connectivity index (χ4v) is 0.955. The highest BCUT2D eigenvalue weighted by atomic mass is 16.5. The normalized spacial score (nSPS) is 9.77. The molecule has 72 valence electrons. The van der Waals surface area contributed by atoms with E-state index in [0.29, 0.717) is 18.2 Å². The Balaban J connectivity index is 2.89. The van der Waals surface area contributed by atoms with Crippen LogP contribution in [0, 0.1) is 0 Å². The number of esters is 1. The van der Waals surface area contributed by atoms with Gasteiger partial charge in [0.05, 0.1) is 13.7 Å². The largest absolute Gasteiger partial charge is 0.477 e. The van der Waals surface area contributed by atoms with E-state index in [0.717, 1.165) is 0 Å². The van der Waals surface area contributed by atoms with Crippen LogP contribution in [0.4, 0.5) is 0 Å². The number of ether oxygens (including phenoxy) is 2. The average Bonchev–Trinajstić information content (AvgIpc) is 2.46. The maximum absolute atomic E-state index is 11.1. The minimum Gasteiger partial charge on any atom is -0.477 e. The third-order valence-electron chi connectivity index (χ3n) is 1.54. The summed E-state index contributed by atoms with van der Waals surface area (Å²) in [6, 6.07) is 1.55. The van der Waals surface area contributed by atoms with Gasteiger partial charge in [0.15, 0.2) is 0 Å². The Labute approximate surface area is 76.3 Å². The van der Waals surface area contributed by atoms with E-state index in [-0.39, 0.29) is 0 Å². The van der Waals surface area contributed by atoms with Crippen molar-refractivity contribution in [1.82, 2.24) is 9.78 Å². The highest BCUT2D eigenvalue weighted by Crippen LogP contribution is 2.11. The number of hydrogen-bond acceptors (Lipinski definition) is 4. The Bertz CT molecular complexity index is 306. The maximum atomic E-state index is 11.1. The second-order valence-corrected chi connectivity index (χ2v) is 2.42. The van der Waals surface area contributed by atoms with Crippen LogP contribution in [-0.2, 0) is 11.8 Å². The van der Waals surface area contributed by atoms with Crippen LogP contribution in [0.3, 0.4) is 0 Å². The third kappa shape index (κ3) is 1.99. The van der Waals surface area contributed by atoms with Crippen LogP contribution < -0.4 is 4.74 Å². The van der Waals surface area contributed by atoms with E-state index in [1.165, 1.54) is 11.8 Å². The zero-order valence-electron chi connectivity index (χ0n) is 7.90. The van der Waals surface area contributed by atoms with Crippen LogP contribution >= 0.6 is 0 Å². The van der Waals surface area contributed by atoms with Gasteiger partial charge in [-0.05, 0) is 6.92 Å². The minimum absolute atomic E-state index is 0.381. The lowest BCUT2D eigenvalue weighted by Gasteiger charge is -1.96. The first-order chi connectivity index (χ1) is 6.19. The number of carbonyl (C=O) groups excluding carboxylic acids is 1. The predicted octanol–water partition coefficient (Wildman–Crippen LogP) is 0.605. The molecule has 0 aliphatic rings. The predicted molar refractivity (Wildman–Crippen MR) is 45.7 cm³/mol. The summed E-state index contributed by atoms with van der Waals surface area (Å²) >= 11 is 0. The molecule has 0 amide bonds. The van der Waals surface area contributed by atoms with Gasteiger partial charge in [-0.15, -0.1) is 5.10 Å². The van der Waals surface area contributed by atoms with Gasteiger partial charge in [0.2, 0.25) is 5.88 Å². The Morgan fingerprint density at radius 1 is 1.69 bits per heavy atom. The van der Waals surface area contributed by atoms with Crippen LogP contribution in [0.1, 0.15) is 17.4 Å². The number of aryl methyl sites for hydroxylation is 1. The SMILES string of the molecule is CCOc1cc(C(=O)OC)n(C)n1. The van der Waals surface area contributed by atoms with Gasteiger partial charge in [-0.1, -0.05) is 0 Å². The molecular weight excluding hydrogens is 172 g/mol. The maximum Gasteiger partial charge on any atom is 0.356 e. The van der Waals surface area contributed by atoms with Gasteiger partial charge in [-0.3, -0.25) is 4.68 Å². The number of rotatable bonds is 3.